The van der Waals surface area contributed by atoms with Gasteiger partial charge < -0.3 is 5.32 Å². The third-order valence-electron chi connectivity index (χ3n) is 3.35. The lowest BCUT2D eigenvalue weighted by molar-refractivity contribution is 0.397. The summed E-state index contributed by atoms with van der Waals surface area (Å²) in [5, 5.41) is 3.42. The predicted molar refractivity (Wildman–Crippen MR) is 50.7 cm³/mol. The van der Waals surface area contributed by atoms with E-state index in [-0.39, 0.29) is 6.04 Å². The van der Waals surface area contributed by atoms with Gasteiger partial charge in [0, 0.05) is 6.54 Å². The van der Waals surface area contributed by atoms with Crippen molar-refractivity contribution in [2.75, 3.05) is 6.54 Å². The quantitative estimate of drug-likeness (QED) is 0.623. The van der Waals surface area contributed by atoms with E-state index in [1.807, 2.05) is 0 Å². The fourth-order valence-corrected chi connectivity index (χ4v) is 2.00. The largest absolute Gasteiger partial charge is 0.303 e. The number of nitrogens with one attached hydrogen (secondary N) is 1. The third kappa shape index (κ3) is 1.49. The molecule has 0 bridgehead atoms. The molecule has 2 aliphatic carbocycles. The highest BCUT2D eigenvalue weighted by molar-refractivity contribution is 5.06. The first-order valence-electron chi connectivity index (χ1n) is 4.96. The number of hydrogen-bond donors (Lipinski definition) is 1. The van der Waals surface area contributed by atoms with Gasteiger partial charge in [0.1, 0.15) is 0 Å². The minimum Gasteiger partial charge on any atom is -0.303 e. The summed E-state index contributed by atoms with van der Waals surface area (Å²) in [6.07, 6.45) is 11.1. The summed E-state index contributed by atoms with van der Waals surface area (Å²) in [6.45, 7) is 3.21. The monoisotopic (exact) mass is 163 g/mol. The topological polar surface area (TPSA) is 12.0 Å². The summed E-state index contributed by atoms with van der Waals surface area (Å²) in [5.74, 6) is 3.75. The molecule has 12 heavy (non-hydrogen) atoms. The van der Waals surface area contributed by atoms with E-state index in [4.69, 9.17) is 6.42 Å². The van der Waals surface area contributed by atoms with Crippen LogP contribution >= 0.6 is 0 Å². The van der Waals surface area contributed by atoms with Gasteiger partial charge in [-0.1, -0.05) is 5.92 Å². The molecule has 1 atom stereocenters. The van der Waals surface area contributed by atoms with Crippen molar-refractivity contribution in [2.24, 2.45) is 11.3 Å². The number of rotatable bonds is 4. The van der Waals surface area contributed by atoms with Crippen molar-refractivity contribution < 1.29 is 0 Å². The van der Waals surface area contributed by atoms with Crippen LogP contribution in [-0.2, 0) is 0 Å². The smallest absolute Gasteiger partial charge is 0.0658 e. The molecule has 0 saturated heterocycles. The average molecular weight is 163 g/mol. The highest BCUT2D eigenvalue weighted by Crippen LogP contribution is 2.60. The van der Waals surface area contributed by atoms with Crippen LogP contribution in [0.5, 0.6) is 0 Å². The molecule has 0 aromatic heterocycles. The van der Waals surface area contributed by atoms with Gasteiger partial charge in [-0.3, -0.25) is 0 Å². The fourth-order valence-electron chi connectivity index (χ4n) is 2.00. The molecule has 1 nitrogen and oxygen atoms in total. The Morgan fingerprint density at radius 2 is 2.25 bits per heavy atom. The second kappa shape index (κ2) is 2.78. The molecule has 2 aliphatic rings. The molecule has 66 valence electrons. The lowest BCUT2D eigenvalue weighted by Crippen LogP contribution is -2.31. The number of terminal acetylenes is 1. The SMILES string of the molecule is C#CC(C)NCC1(C2CC2)CC1. The van der Waals surface area contributed by atoms with Gasteiger partial charge in [0.2, 0.25) is 0 Å². The van der Waals surface area contributed by atoms with Crippen molar-refractivity contribution in [1.29, 1.82) is 0 Å². The van der Waals surface area contributed by atoms with E-state index in [0.29, 0.717) is 5.41 Å². The summed E-state index contributed by atoms with van der Waals surface area (Å²) in [7, 11) is 0. The van der Waals surface area contributed by atoms with Crippen LogP contribution < -0.4 is 5.32 Å². The van der Waals surface area contributed by atoms with Crippen LogP contribution in [0.4, 0.5) is 0 Å². The van der Waals surface area contributed by atoms with E-state index < -0.39 is 0 Å². The minimum atomic E-state index is 0.251. The van der Waals surface area contributed by atoms with E-state index in [1.54, 1.807) is 0 Å². The van der Waals surface area contributed by atoms with E-state index >= 15 is 0 Å². The zero-order valence-corrected chi connectivity index (χ0v) is 7.77. The molecular weight excluding hydrogens is 146 g/mol. The molecule has 0 spiro atoms. The summed E-state index contributed by atoms with van der Waals surface area (Å²) in [6, 6.07) is 0.251. The van der Waals surface area contributed by atoms with Crippen molar-refractivity contribution in [3.63, 3.8) is 0 Å². The Hall–Kier alpha value is -0.480. The zero-order valence-electron chi connectivity index (χ0n) is 7.77. The van der Waals surface area contributed by atoms with Crippen LogP contribution in [-0.4, -0.2) is 12.6 Å². The van der Waals surface area contributed by atoms with Crippen LogP contribution in [0.2, 0.25) is 0 Å². The Labute approximate surface area is 74.9 Å². The van der Waals surface area contributed by atoms with E-state index in [2.05, 4.69) is 18.2 Å². The standard InChI is InChI=1S/C11H17N/c1-3-9(2)12-8-11(6-7-11)10-4-5-10/h1,9-10,12H,4-8H2,2H3. The van der Waals surface area contributed by atoms with Gasteiger partial charge in [0.25, 0.3) is 0 Å². The summed E-state index contributed by atoms with van der Waals surface area (Å²) >= 11 is 0. The first-order valence-corrected chi connectivity index (χ1v) is 4.96. The molecule has 1 heteroatoms. The van der Waals surface area contributed by atoms with Crippen LogP contribution in [0.1, 0.15) is 32.6 Å². The molecule has 1 N–H and O–H groups in total. The van der Waals surface area contributed by atoms with Crippen LogP contribution in [0, 0.1) is 23.7 Å². The van der Waals surface area contributed by atoms with E-state index in [9.17, 15) is 0 Å². The zero-order chi connectivity index (χ0) is 8.60. The van der Waals surface area contributed by atoms with Crippen molar-refractivity contribution in [3.8, 4) is 12.3 Å². The molecule has 2 fully saturated rings. The lowest BCUT2D eigenvalue weighted by Gasteiger charge is -2.16. The lowest BCUT2D eigenvalue weighted by atomic mass is 10.0. The first-order chi connectivity index (χ1) is 5.77. The summed E-state index contributed by atoms with van der Waals surface area (Å²) < 4.78 is 0. The molecule has 0 aromatic carbocycles. The third-order valence-corrected chi connectivity index (χ3v) is 3.35. The van der Waals surface area contributed by atoms with Gasteiger partial charge in [0.15, 0.2) is 0 Å². The summed E-state index contributed by atoms with van der Waals surface area (Å²) in [4.78, 5) is 0. The van der Waals surface area contributed by atoms with Crippen LogP contribution in [0.3, 0.4) is 0 Å². The van der Waals surface area contributed by atoms with Gasteiger partial charge in [-0.05, 0) is 43.9 Å². The maximum absolute atomic E-state index is 5.30. The van der Waals surface area contributed by atoms with Gasteiger partial charge in [0.05, 0.1) is 6.04 Å². The van der Waals surface area contributed by atoms with E-state index in [1.165, 1.54) is 25.7 Å². The number of hydrogen-bond acceptors (Lipinski definition) is 1. The Bertz CT molecular complexity index is 206. The Balaban J connectivity index is 1.76. The predicted octanol–water partition coefficient (Wildman–Crippen LogP) is 1.79. The molecule has 0 aliphatic heterocycles. The Morgan fingerprint density at radius 3 is 2.67 bits per heavy atom. The molecule has 0 radical (unpaired) electrons. The molecule has 2 saturated carbocycles. The van der Waals surface area contributed by atoms with Crippen LogP contribution in [0.15, 0.2) is 0 Å². The second-order valence-electron chi connectivity index (χ2n) is 4.41. The first kappa shape index (κ1) is 8.13. The van der Waals surface area contributed by atoms with Crippen molar-refractivity contribution >= 4 is 0 Å². The van der Waals surface area contributed by atoms with Gasteiger partial charge in [-0.2, -0.15) is 0 Å². The maximum atomic E-state index is 5.30. The Kier molecular flexibility index (Phi) is 1.88. The summed E-state index contributed by atoms with van der Waals surface area (Å²) in [5.41, 5.74) is 0.686. The van der Waals surface area contributed by atoms with Gasteiger partial charge >= 0.3 is 0 Å². The van der Waals surface area contributed by atoms with Crippen molar-refractivity contribution in [3.05, 3.63) is 0 Å². The Morgan fingerprint density at radius 1 is 1.58 bits per heavy atom. The minimum absolute atomic E-state index is 0.251. The average Bonchev–Trinajstić information content (AvgIpc) is 2.88. The highest BCUT2D eigenvalue weighted by Gasteiger charge is 2.53. The van der Waals surface area contributed by atoms with Gasteiger partial charge in [-0.15, -0.1) is 6.42 Å². The van der Waals surface area contributed by atoms with E-state index in [0.717, 1.165) is 12.5 Å². The van der Waals surface area contributed by atoms with Crippen molar-refractivity contribution in [1.82, 2.24) is 5.32 Å². The van der Waals surface area contributed by atoms with Gasteiger partial charge in [-0.25, -0.2) is 0 Å². The fraction of sp³-hybridized carbons (Fsp3) is 0.818. The molecule has 1 unspecified atom stereocenters. The normalized spacial score (nSPS) is 27.7. The second-order valence-corrected chi connectivity index (χ2v) is 4.41. The molecule has 0 aromatic rings. The molecule has 0 heterocycles. The van der Waals surface area contributed by atoms with Crippen LogP contribution in [0.25, 0.3) is 0 Å². The van der Waals surface area contributed by atoms with Crippen molar-refractivity contribution in [2.45, 2.75) is 38.6 Å². The molecule has 2 rings (SSSR count). The molecular formula is C11H17N. The highest BCUT2D eigenvalue weighted by atomic mass is 14.9. The molecule has 0 amide bonds. The maximum Gasteiger partial charge on any atom is 0.0658 e.